The third-order valence-electron chi connectivity index (χ3n) is 1.22. The van der Waals surface area contributed by atoms with Gasteiger partial charge in [0, 0.05) is 0 Å². The van der Waals surface area contributed by atoms with Gasteiger partial charge in [0.1, 0.15) is 0 Å². The predicted octanol–water partition coefficient (Wildman–Crippen LogP) is -1.90. The van der Waals surface area contributed by atoms with E-state index in [9.17, 15) is 0 Å². The van der Waals surface area contributed by atoms with E-state index in [4.69, 9.17) is 15.1 Å². The molecule has 1 rings (SSSR count). The van der Waals surface area contributed by atoms with Gasteiger partial charge in [-0.15, -0.1) is 0 Å². The monoisotopic (exact) mass is 241 g/mol. The summed E-state index contributed by atoms with van der Waals surface area (Å²) in [5.74, 6) is 0. The zero-order valence-electron chi connectivity index (χ0n) is 6.80. The Hall–Kier alpha value is 0.318. The molecule has 7 heteroatoms. The summed E-state index contributed by atoms with van der Waals surface area (Å²) in [5, 5.41) is 19.2. The fraction of sp³-hybridized carbons (Fsp3) is 1.00. The molecule has 0 aromatic carbocycles. The van der Waals surface area contributed by atoms with Gasteiger partial charge in [0.2, 0.25) is 0 Å². The summed E-state index contributed by atoms with van der Waals surface area (Å²) in [7, 11) is 0. The Morgan fingerprint density at radius 3 is 2.00 bits per heavy atom. The minimum atomic E-state index is -1.10. The van der Waals surface area contributed by atoms with Crippen LogP contribution in [0.5, 0.6) is 0 Å². The van der Waals surface area contributed by atoms with Crippen LogP contribution in [-0.4, -0.2) is 49.3 Å². The van der Waals surface area contributed by atoms with Gasteiger partial charge in [-0.2, -0.15) is 0 Å². The minimum absolute atomic E-state index is 0.926. The van der Waals surface area contributed by atoms with E-state index < -0.39 is 17.2 Å². The van der Waals surface area contributed by atoms with Crippen LogP contribution >= 0.6 is 0 Å². The first kappa shape index (κ1) is 10.4. The molecule has 0 aromatic rings. The number of hydroxylamine groups is 2. The van der Waals surface area contributed by atoms with Crippen LogP contribution in [0.2, 0.25) is 0 Å². The number of aliphatic hydroxyl groups excluding tert-OH is 2. The Morgan fingerprint density at radius 2 is 1.75 bits per heavy atom. The van der Waals surface area contributed by atoms with Crippen molar-refractivity contribution in [2.24, 2.45) is 0 Å². The second-order valence-electron chi connectivity index (χ2n) is 2.49. The van der Waals surface area contributed by atoms with Crippen LogP contribution in [0, 0.1) is 0 Å². The molecule has 2 N–H and O–H groups in total. The zero-order chi connectivity index (χ0) is 9.35. The molecule has 12 heavy (non-hydrogen) atoms. The Labute approximate surface area is 78.4 Å². The van der Waals surface area contributed by atoms with Gasteiger partial charge < -0.3 is 0 Å². The standard InChI is InChI=1S/C5H12AsNO5/c1-3(8)7(4(2)9)10-5(6)11-12-5/h3-4,8-9H,6H2,1-2H3. The zero-order valence-corrected chi connectivity index (χ0v) is 9.22. The molecule has 1 saturated heterocycles. The van der Waals surface area contributed by atoms with E-state index in [1.807, 2.05) is 0 Å². The van der Waals surface area contributed by atoms with Crippen molar-refractivity contribution in [1.82, 2.24) is 5.06 Å². The van der Waals surface area contributed by atoms with Crippen molar-refractivity contribution in [2.45, 2.75) is 31.1 Å². The molecular weight excluding hydrogens is 229 g/mol. The van der Waals surface area contributed by atoms with Crippen LogP contribution in [0.3, 0.4) is 0 Å². The van der Waals surface area contributed by atoms with Gasteiger partial charge in [-0.25, -0.2) is 0 Å². The third-order valence-corrected chi connectivity index (χ3v) is 1.84. The Bertz CT molecular complexity index is 152. The second kappa shape index (κ2) is 3.59. The van der Waals surface area contributed by atoms with Crippen LogP contribution in [-0.2, 0) is 14.6 Å². The van der Waals surface area contributed by atoms with E-state index >= 15 is 0 Å². The van der Waals surface area contributed by atoms with E-state index in [1.165, 1.54) is 13.8 Å². The van der Waals surface area contributed by atoms with Crippen molar-refractivity contribution in [3.8, 4) is 0 Å². The first-order valence-electron chi connectivity index (χ1n) is 3.44. The number of aliphatic hydroxyl groups is 2. The molecule has 0 spiro atoms. The van der Waals surface area contributed by atoms with E-state index in [1.54, 1.807) is 0 Å². The second-order valence-corrected chi connectivity index (χ2v) is 3.97. The molecular formula is C5H12AsNO5. The van der Waals surface area contributed by atoms with E-state index in [2.05, 4.69) is 9.78 Å². The van der Waals surface area contributed by atoms with Crippen molar-refractivity contribution in [1.29, 1.82) is 0 Å². The molecule has 1 heterocycles. The molecule has 72 valence electrons. The molecule has 1 aliphatic rings. The van der Waals surface area contributed by atoms with Gasteiger partial charge in [0.15, 0.2) is 0 Å². The van der Waals surface area contributed by atoms with Crippen molar-refractivity contribution < 1.29 is 24.8 Å². The van der Waals surface area contributed by atoms with Crippen molar-refractivity contribution in [3.63, 3.8) is 0 Å². The van der Waals surface area contributed by atoms with Crippen LogP contribution in [0.4, 0.5) is 0 Å². The number of hydrogen-bond donors (Lipinski definition) is 2. The van der Waals surface area contributed by atoms with Crippen LogP contribution in [0.15, 0.2) is 0 Å². The van der Waals surface area contributed by atoms with Gasteiger partial charge in [-0.3, -0.25) is 0 Å². The summed E-state index contributed by atoms with van der Waals surface area (Å²) < 4.78 is -1.10. The SMILES string of the molecule is CC(O)N(OC1([AsH2])OO1)C(C)O. The molecule has 0 bridgehead atoms. The Kier molecular flexibility index (Phi) is 3.11. The Balaban J connectivity index is 2.43. The summed E-state index contributed by atoms with van der Waals surface area (Å²) in [4.78, 5) is 13.9. The third kappa shape index (κ3) is 2.67. The van der Waals surface area contributed by atoms with E-state index in [-0.39, 0.29) is 0 Å². The summed E-state index contributed by atoms with van der Waals surface area (Å²) in [6.45, 7) is 2.93. The normalized spacial score (nSPS) is 25.5. The van der Waals surface area contributed by atoms with Crippen molar-refractivity contribution in [2.75, 3.05) is 0 Å². The quantitative estimate of drug-likeness (QED) is 0.197. The predicted molar refractivity (Wildman–Crippen MR) is 39.7 cm³/mol. The topological polar surface area (TPSA) is 78.0 Å². The number of rotatable bonds is 4. The van der Waals surface area contributed by atoms with Crippen molar-refractivity contribution >= 4 is 16.9 Å². The fourth-order valence-corrected chi connectivity index (χ4v) is 1.04. The van der Waals surface area contributed by atoms with Gasteiger partial charge in [0.25, 0.3) is 0 Å². The molecule has 3 atom stereocenters. The molecule has 0 aliphatic carbocycles. The number of hydrogen-bond acceptors (Lipinski definition) is 6. The molecule has 0 radical (unpaired) electrons. The van der Waals surface area contributed by atoms with Gasteiger partial charge in [-0.05, 0) is 0 Å². The molecule has 6 nitrogen and oxygen atoms in total. The summed E-state index contributed by atoms with van der Waals surface area (Å²) in [6, 6.07) is 0. The van der Waals surface area contributed by atoms with Crippen LogP contribution in [0.1, 0.15) is 13.8 Å². The van der Waals surface area contributed by atoms with Gasteiger partial charge >= 0.3 is 77.8 Å². The van der Waals surface area contributed by atoms with Gasteiger partial charge in [-0.1, -0.05) is 0 Å². The molecule has 0 amide bonds. The van der Waals surface area contributed by atoms with E-state index in [0.717, 1.165) is 21.9 Å². The molecule has 1 fully saturated rings. The molecule has 0 aromatic heterocycles. The summed E-state index contributed by atoms with van der Waals surface area (Å²) in [6.07, 6.45) is -1.85. The summed E-state index contributed by atoms with van der Waals surface area (Å²) in [5.41, 5.74) is 0. The molecule has 3 unspecified atom stereocenters. The first-order valence-corrected chi connectivity index (χ1v) is 4.65. The Morgan fingerprint density at radius 1 is 1.33 bits per heavy atom. The molecule has 1 aliphatic heterocycles. The first-order chi connectivity index (χ1) is 5.44. The summed E-state index contributed by atoms with van der Waals surface area (Å²) >= 11 is 1.06. The van der Waals surface area contributed by atoms with Crippen molar-refractivity contribution in [3.05, 3.63) is 0 Å². The fourth-order valence-electron chi connectivity index (χ4n) is 0.683. The maximum absolute atomic E-state index is 9.11. The molecule has 0 saturated carbocycles. The van der Waals surface area contributed by atoms with Crippen LogP contribution in [0.25, 0.3) is 0 Å². The van der Waals surface area contributed by atoms with Crippen LogP contribution < -0.4 is 0 Å². The number of nitrogens with zero attached hydrogens (tertiary/aromatic N) is 1. The average molecular weight is 241 g/mol. The maximum atomic E-state index is 9.11. The van der Waals surface area contributed by atoms with E-state index in [0.29, 0.717) is 0 Å². The van der Waals surface area contributed by atoms with Gasteiger partial charge in [0.05, 0.1) is 0 Å². The average Bonchev–Trinajstić information content (AvgIpc) is 2.63.